The molecule has 1 aromatic heterocycles. The van der Waals surface area contributed by atoms with Crippen LogP contribution in [0.4, 0.5) is 5.69 Å². The highest BCUT2D eigenvalue weighted by Crippen LogP contribution is 2.37. The quantitative estimate of drug-likeness (QED) is 0.781. The second kappa shape index (κ2) is 7.81. The normalized spacial score (nSPS) is 20.2. The molecule has 5 nitrogen and oxygen atoms in total. The van der Waals surface area contributed by atoms with Crippen molar-refractivity contribution in [3.63, 3.8) is 0 Å². The zero-order chi connectivity index (χ0) is 18.0. The third kappa shape index (κ3) is 4.19. The zero-order valence-electron chi connectivity index (χ0n) is 14.6. The van der Waals surface area contributed by atoms with Crippen molar-refractivity contribution in [1.29, 1.82) is 0 Å². The number of nitrogens with one attached hydrogen (secondary N) is 2. The van der Waals surface area contributed by atoms with Crippen molar-refractivity contribution in [1.82, 2.24) is 15.1 Å². The van der Waals surface area contributed by atoms with Gasteiger partial charge in [-0.05, 0) is 17.7 Å². The third-order valence-electron chi connectivity index (χ3n) is 4.28. The zero-order valence-corrected chi connectivity index (χ0v) is 16.2. The molecule has 0 unspecified atom stereocenters. The molecule has 2 aromatic rings. The van der Waals surface area contributed by atoms with Gasteiger partial charge in [0.1, 0.15) is 0 Å². The van der Waals surface area contributed by atoms with Gasteiger partial charge in [-0.25, -0.2) is 0 Å². The summed E-state index contributed by atoms with van der Waals surface area (Å²) in [6, 6.07) is 5.64. The van der Waals surface area contributed by atoms with E-state index in [0.29, 0.717) is 16.8 Å². The monoisotopic (exact) mass is 378 g/mol. The maximum Gasteiger partial charge on any atom is 0.229 e. The lowest BCUT2D eigenvalue weighted by molar-refractivity contribution is -0.119. The summed E-state index contributed by atoms with van der Waals surface area (Å²) in [7, 11) is 1.89. The minimum atomic E-state index is -0.125. The second-order valence-corrected chi connectivity index (χ2v) is 8.58. The van der Waals surface area contributed by atoms with E-state index in [2.05, 4.69) is 29.6 Å². The molecule has 25 heavy (non-hydrogen) atoms. The summed E-state index contributed by atoms with van der Waals surface area (Å²) in [4.78, 5) is 13.9. The summed E-state index contributed by atoms with van der Waals surface area (Å²) < 4.78 is 1.77. The van der Waals surface area contributed by atoms with Crippen LogP contribution in [0.15, 0.2) is 35.5 Å². The number of hydrogen-bond acceptors (Lipinski definition) is 4. The number of hydrogen-bond donors (Lipinski definition) is 2. The van der Waals surface area contributed by atoms with Crippen molar-refractivity contribution >= 4 is 35.0 Å². The van der Waals surface area contributed by atoms with Crippen LogP contribution in [0.5, 0.6) is 0 Å². The molecule has 1 aliphatic heterocycles. The average molecular weight is 379 g/mol. The van der Waals surface area contributed by atoms with Crippen LogP contribution in [0, 0.1) is 5.92 Å². The number of rotatable bonds is 5. The van der Waals surface area contributed by atoms with Crippen molar-refractivity contribution in [3.8, 4) is 0 Å². The van der Waals surface area contributed by atoms with Gasteiger partial charge >= 0.3 is 0 Å². The van der Waals surface area contributed by atoms with Gasteiger partial charge in [0, 0.05) is 42.4 Å². The molecule has 0 radical (unpaired) electrons. The van der Waals surface area contributed by atoms with Gasteiger partial charge in [-0.3, -0.25) is 9.48 Å². The number of benzene rings is 1. The molecular weight excluding hydrogens is 356 g/mol. The summed E-state index contributed by atoms with van der Waals surface area (Å²) in [6.07, 6.45) is 3.83. The van der Waals surface area contributed by atoms with E-state index in [0.717, 1.165) is 22.7 Å². The van der Waals surface area contributed by atoms with E-state index in [-0.39, 0.29) is 17.7 Å². The van der Waals surface area contributed by atoms with Gasteiger partial charge in [0.25, 0.3) is 0 Å². The highest BCUT2D eigenvalue weighted by molar-refractivity contribution is 8.00. The first-order valence-electron chi connectivity index (χ1n) is 8.41. The number of carbonyl (C=O) groups excluding carboxylic acids is 1. The molecule has 2 atom stereocenters. The highest BCUT2D eigenvalue weighted by atomic mass is 35.5. The largest absolute Gasteiger partial charge is 0.325 e. The Kier molecular flexibility index (Phi) is 5.71. The molecule has 0 saturated carbocycles. The van der Waals surface area contributed by atoms with E-state index in [9.17, 15) is 4.79 Å². The first kappa shape index (κ1) is 18.3. The van der Waals surface area contributed by atoms with E-state index < -0.39 is 0 Å². The topological polar surface area (TPSA) is 59.0 Å². The van der Waals surface area contributed by atoms with Crippen LogP contribution in [0.2, 0.25) is 5.02 Å². The number of thioether (sulfide) groups is 1. The fraction of sp³-hybridized carbons (Fsp3) is 0.444. The van der Waals surface area contributed by atoms with Gasteiger partial charge in [-0.15, -0.1) is 11.8 Å². The molecule has 1 aromatic carbocycles. The molecule has 7 heteroatoms. The lowest BCUT2D eigenvalue weighted by Crippen LogP contribution is -2.28. The van der Waals surface area contributed by atoms with E-state index in [4.69, 9.17) is 11.6 Å². The summed E-state index contributed by atoms with van der Waals surface area (Å²) in [6.45, 7) is 5.67. The van der Waals surface area contributed by atoms with Crippen LogP contribution in [0.25, 0.3) is 0 Å². The smallest absolute Gasteiger partial charge is 0.229 e. The lowest BCUT2D eigenvalue weighted by atomic mass is 9.90. The van der Waals surface area contributed by atoms with Gasteiger partial charge < -0.3 is 10.6 Å². The van der Waals surface area contributed by atoms with Gasteiger partial charge in [0.15, 0.2) is 0 Å². The van der Waals surface area contributed by atoms with Gasteiger partial charge in [0.2, 0.25) is 5.91 Å². The van der Waals surface area contributed by atoms with E-state index in [1.54, 1.807) is 16.4 Å². The summed E-state index contributed by atoms with van der Waals surface area (Å²) >= 11 is 8.01. The van der Waals surface area contributed by atoms with Crippen molar-refractivity contribution in [2.75, 3.05) is 18.4 Å². The van der Waals surface area contributed by atoms with Crippen LogP contribution in [-0.2, 0) is 11.8 Å². The number of halogens is 1. The van der Waals surface area contributed by atoms with Crippen molar-refractivity contribution < 1.29 is 4.79 Å². The van der Waals surface area contributed by atoms with E-state index in [1.165, 1.54) is 0 Å². The standard InChI is InChI=1S/C18H23ClN4OS/c1-11(2)25-17-15(19)5-4-6-16(17)22-18(24)14-9-20-8-13(14)12-7-21-23(3)10-12/h4-7,10-11,13-14,20H,8-9H2,1-3H3,(H,22,24)/t13-,14+/m1/s1. The summed E-state index contributed by atoms with van der Waals surface area (Å²) in [5.74, 6) is 0.0286. The van der Waals surface area contributed by atoms with Crippen molar-refractivity contribution in [3.05, 3.63) is 41.2 Å². The highest BCUT2D eigenvalue weighted by Gasteiger charge is 2.35. The van der Waals surface area contributed by atoms with E-state index in [1.807, 2.05) is 37.6 Å². The number of carbonyl (C=O) groups is 1. The summed E-state index contributed by atoms with van der Waals surface area (Å²) in [5.41, 5.74) is 1.88. The number of amides is 1. The molecule has 3 rings (SSSR count). The molecule has 2 heterocycles. The Hall–Kier alpha value is -1.50. The Morgan fingerprint density at radius 3 is 2.92 bits per heavy atom. The van der Waals surface area contributed by atoms with Crippen LogP contribution >= 0.6 is 23.4 Å². The maximum absolute atomic E-state index is 12.9. The van der Waals surface area contributed by atoms with Crippen LogP contribution in [-0.4, -0.2) is 34.0 Å². The van der Waals surface area contributed by atoms with E-state index >= 15 is 0 Å². The first-order chi connectivity index (χ1) is 12.0. The minimum absolute atomic E-state index is 0.0201. The lowest BCUT2D eigenvalue weighted by Gasteiger charge is -2.19. The fourth-order valence-electron chi connectivity index (χ4n) is 3.12. The van der Waals surface area contributed by atoms with Gasteiger partial charge in [-0.2, -0.15) is 5.10 Å². The molecule has 134 valence electrons. The molecule has 0 bridgehead atoms. The first-order valence-corrected chi connectivity index (χ1v) is 9.66. The molecule has 1 saturated heterocycles. The number of anilines is 1. The number of aryl methyl sites for hydroxylation is 1. The molecule has 0 aliphatic carbocycles. The molecular formula is C18H23ClN4OS. The predicted molar refractivity (Wildman–Crippen MR) is 103 cm³/mol. The molecule has 1 fully saturated rings. The van der Waals surface area contributed by atoms with Crippen LogP contribution in [0.1, 0.15) is 25.3 Å². The minimum Gasteiger partial charge on any atom is -0.325 e. The maximum atomic E-state index is 12.9. The number of nitrogens with zero attached hydrogens (tertiary/aromatic N) is 2. The molecule has 1 amide bonds. The Labute approximate surface area is 157 Å². The SMILES string of the molecule is CC(C)Sc1c(Cl)cccc1NC(=O)[C@H]1CNC[C@@H]1c1cnn(C)c1. The Bertz CT molecular complexity index is 761. The molecule has 2 N–H and O–H groups in total. The van der Waals surface area contributed by atoms with Crippen LogP contribution < -0.4 is 10.6 Å². The fourth-order valence-corrected chi connectivity index (χ4v) is 4.33. The molecule has 0 spiro atoms. The summed E-state index contributed by atoms with van der Waals surface area (Å²) in [5, 5.41) is 11.7. The second-order valence-electron chi connectivity index (χ2n) is 6.59. The van der Waals surface area contributed by atoms with Gasteiger partial charge in [0.05, 0.1) is 22.8 Å². The number of aromatic nitrogens is 2. The Balaban J connectivity index is 1.79. The van der Waals surface area contributed by atoms with Gasteiger partial charge in [-0.1, -0.05) is 31.5 Å². The average Bonchev–Trinajstić information content (AvgIpc) is 3.18. The Morgan fingerprint density at radius 2 is 2.24 bits per heavy atom. The van der Waals surface area contributed by atoms with Crippen LogP contribution in [0.3, 0.4) is 0 Å². The predicted octanol–water partition coefficient (Wildman–Crippen LogP) is 3.52. The van der Waals surface area contributed by atoms with Crippen molar-refractivity contribution in [2.45, 2.75) is 29.9 Å². The molecule has 1 aliphatic rings. The Morgan fingerprint density at radius 1 is 1.44 bits per heavy atom. The third-order valence-corrected chi connectivity index (χ3v) is 5.86. The van der Waals surface area contributed by atoms with Crippen molar-refractivity contribution in [2.24, 2.45) is 13.0 Å².